The van der Waals surface area contributed by atoms with Crippen molar-refractivity contribution in [1.29, 1.82) is 0 Å². The van der Waals surface area contributed by atoms with Crippen LogP contribution in [0.5, 0.6) is 5.75 Å². The van der Waals surface area contributed by atoms with Crippen LogP contribution in [-0.4, -0.2) is 77.4 Å². The van der Waals surface area contributed by atoms with Crippen molar-refractivity contribution in [1.82, 2.24) is 19.7 Å². The molecule has 0 radical (unpaired) electrons. The molecule has 3 aromatic rings. The third kappa shape index (κ3) is 4.59. The number of nitrogens with zero attached hydrogens (tertiary/aromatic N) is 3. The second kappa shape index (κ2) is 9.27. The van der Waals surface area contributed by atoms with Crippen molar-refractivity contribution in [2.75, 3.05) is 39.8 Å². The van der Waals surface area contributed by atoms with Crippen LogP contribution >= 0.6 is 0 Å². The van der Waals surface area contributed by atoms with E-state index in [0.29, 0.717) is 18.8 Å². The van der Waals surface area contributed by atoms with E-state index in [9.17, 15) is 9.59 Å². The van der Waals surface area contributed by atoms with E-state index in [-0.39, 0.29) is 24.4 Å². The number of nitrogens with one attached hydrogen (secondary N) is 1. The average molecular weight is 447 g/mol. The minimum absolute atomic E-state index is 0.000398. The zero-order valence-corrected chi connectivity index (χ0v) is 19.0. The van der Waals surface area contributed by atoms with Crippen LogP contribution in [0.3, 0.4) is 0 Å². The number of benzene rings is 2. The first-order chi connectivity index (χ1) is 16.1. The maximum Gasteiger partial charge on any atom is 0.270 e. The van der Waals surface area contributed by atoms with Crippen LogP contribution in [0.4, 0.5) is 0 Å². The number of hydrogen-bond acceptors (Lipinski definition) is 4. The number of aromatic amines is 1. The fourth-order valence-electron chi connectivity index (χ4n) is 4.97. The van der Waals surface area contributed by atoms with Crippen LogP contribution in [0.15, 0.2) is 54.6 Å². The zero-order chi connectivity index (χ0) is 22.8. The van der Waals surface area contributed by atoms with Gasteiger partial charge in [-0.2, -0.15) is 0 Å². The van der Waals surface area contributed by atoms with Gasteiger partial charge in [0.05, 0.1) is 13.2 Å². The number of methoxy groups -OCH3 is 1. The lowest BCUT2D eigenvalue weighted by Crippen LogP contribution is -2.60. The normalized spacial score (nSPS) is 19.4. The van der Waals surface area contributed by atoms with Crippen molar-refractivity contribution in [2.45, 2.75) is 25.4 Å². The number of piperazine rings is 1. The molecule has 0 bridgehead atoms. The standard InChI is InChI=1S/C26H30N4O3/c1-33-22-9-10-23-20(13-22)14-24(27-23)26(32)29-17-21(16-28-11-5-6-12-28)30(25(31)18-29)15-19-7-3-2-4-8-19/h2-4,7-10,13-14,21,27H,5-6,11-12,15-18H2,1H3/t21-/m0/s1. The maximum absolute atomic E-state index is 13.4. The molecule has 0 unspecified atom stereocenters. The van der Waals surface area contributed by atoms with E-state index >= 15 is 0 Å². The number of H-pyrrole nitrogens is 1. The number of amides is 2. The highest BCUT2D eigenvalue weighted by molar-refractivity contribution is 6.00. The van der Waals surface area contributed by atoms with Gasteiger partial charge in [0.1, 0.15) is 18.0 Å². The Balaban J connectivity index is 1.37. The average Bonchev–Trinajstić information content (AvgIpc) is 3.50. The Morgan fingerprint density at radius 1 is 1.09 bits per heavy atom. The van der Waals surface area contributed by atoms with Crippen LogP contribution in [0.25, 0.3) is 10.9 Å². The highest BCUT2D eigenvalue weighted by Crippen LogP contribution is 2.24. The van der Waals surface area contributed by atoms with Gasteiger partial charge in [0, 0.05) is 30.5 Å². The van der Waals surface area contributed by atoms with Crippen LogP contribution in [-0.2, 0) is 11.3 Å². The first kappa shape index (κ1) is 21.5. The van der Waals surface area contributed by atoms with Crippen LogP contribution in [0, 0.1) is 0 Å². The van der Waals surface area contributed by atoms with E-state index in [0.717, 1.165) is 41.9 Å². The molecule has 33 heavy (non-hydrogen) atoms. The lowest BCUT2D eigenvalue weighted by atomic mass is 10.1. The van der Waals surface area contributed by atoms with Crippen molar-refractivity contribution >= 4 is 22.7 Å². The zero-order valence-electron chi connectivity index (χ0n) is 19.0. The van der Waals surface area contributed by atoms with E-state index in [2.05, 4.69) is 22.0 Å². The molecule has 5 rings (SSSR count). The molecule has 7 nitrogen and oxygen atoms in total. The molecule has 2 aliphatic heterocycles. The molecule has 2 saturated heterocycles. The summed E-state index contributed by atoms with van der Waals surface area (Å²) >= 11 is 0. The Morgan fingerprint density at radius 3 is 2.64 bits per heavy atom. The Labute approximate surface area is 193 Å². The molecule has 7 heteroatoms. The highest BCUT2D eigenvalue weighted by Gasteiger charge is 2.36. The molecular formula is C26H30N4O3. The van der Waals surface area contributed by atoms with Crippen molar-refractivity contribution in [3.63, 3.8) is 0 Å². The van der Waals surface area contributed by atoms with Crippen LogP contribution in [0.1, 0.15) is 28.9 Å². The molecule has 3 heterocycles. The molecule has 1 N–H and O–H groups in total. The topological polar surface area (TPSA) is 68.9 Å². The number of carbonyl (C=O) groups is 2. The largest absolute Gasteiger partial charge is 0.497 e. The quantitative estimate of drug-likeness (QED) is 0.632. The minimum atomic E-state index is -0.135. The van der Waals surface area contributed by atoms with Crippen LogP contribution in [0.2, 0.25) is 0 Å². The second-order valence-electron chi connectivity index (χ2n) is 8.99. The number of likely N-dealkylation sites (tertiary alicyclic amines) is 1. The van der Waals surface area contributed by atoms with Gasteiger partial charge < -0.3 is 24.4 Å². The Bertz CT molecular complexity index is 1140. The van der Waals surface area contributed by atoms with Gasteiger partial charge in [0.15, 0.2) is 0 Å². The summed E-state index contributed by atoms with van der Waals surface area (Å²) in [5.41, 5.74) is 2.49. The van der Waals surface area contributed by atoms with Gasteiger partial charge in [-0.25, -0.2) is 0 Å². The predicted molar refractivity (Wildman–Crippen MR) is 127 cm³/mol. The summed E-state index contributed by atoms with van der Waals surface area (Å²) in [5.74, 6) is 0.612. The van der Waals surface area contributed by atoms with Crippen LogP contribution < -0.4 is 4.74 Å². The van der Waals surface area contributed by atoms with Crippen molar-refractivity contribution < 1.29 is 14.3 Å². The summed E-state index contributed by atoms with van der Waals surface area (Å²) in [6.07, 6.45) is 2.39. The highest BCUT2D eigenvalue weighted by atomic mass is 16.5. The summed E-state index contributed by atoms with van der Waals surface area (Å²) < 4.78 is 5.30. The number of carbonyl (C=O) groups excluding carboxylic acids is 2. The Morgan fingerprint density at radius 2 is 1.88 bits per heavy atom. The van der Waals surface area contributed by atoms with Crippen molar-refractivity contribution in [3.05, 3.63) is 65.9 Å². The predicted octanol–water partition coefficient (Wildman–Crippen LogP) is 3.13. The van der Waals surface area contributed by atoms with Gasteiger partial charge in [-0.1, -0.05) is 30.3 Å². The number of fused-ring (bicyclic) bond motifs is 1. The van der Waals surface area contributed by atoms with E-state index in [4.69, 9.17) is 4.74 Å². The summed E-state index contributed by atoms with van der Waals surface area (Å²) in [4.78, 5) is 36.0. The number of rotatable bonds is 6. The molecule has 2 amide bonds. The molecule has 2 aromatic carbocycles. The summed E-state index contributed by atoms with van der Waals surface area (Å²) in [5, 5.41) is 0.917. The third-order valence-corrected chi connectivity index (χ3v) is 6.73. The second-order valence-corrected chi connectivity index (χ2v) is 8.99. The molecule has 0 saturated carbocycles. The first-order valence-corrected chi connectivity index (χ1v) is 11.6. The molecule has 2 aliphatic rings. The van der Waals surface area contributed by atoms with Gasteiger partial charge in [-0.3, -0.25) is 9.59 Å². The van der Waals surface area contributed by atoms with E-state index < -0.39 is 0 Å². The number of ether oxygens (including phenoxy) is 1. The van der Waals surface area contributed by atoms with Crippen molar-refractivity contribution in [3.8, 4) is 5.75 Å². The number of aromatic nitrogens is 1. The molecule has 2 fully saturated rings. The van der Waals surface area contributed by atoms with Gasteiger partial charge in [-0.15, -0.1) is 0 Å². The monoisotopic (exact) mass is 446 g/mol. The van der Waals surface area contributed by atoms with Gasteiger partial charge >= 0.3 is 0 Å². The lowest BCUT2D eigenvalue weighted by Gasteiger charge is -2.42. The Hall–Kier alpha value is -3.32. The third-order valence-electron chi connectivity index (χ3n) is 6.73. The maximum atomic E-state index is 13.4. The smallest absolute Gasteiger partial charge is 0.270 e. The van der Waals surface area contributed by atoms with E-state index in [1.807, 2.05) is 47.4 Å². The molecule has 1 atom stereocenters. The van der Waals surface area contributed by atoms with Crippen molar-refractivity contribution in [2.24, 2.45) is 0 Å². The molecule has 0 aliphatic carbocycles. The fraction of sp³-hybridized carbons (Fsp3) is 0.385. The van der Waals surface area contributed by atoms with E-state index in [1.165, 1.54) is 12.8 Å². The van der Waals surface area contributed by atoms with Gasteiger partial charge in [0.25, 0.3) is 5.91 Å². The minimum Gasteiger partial charge on any atom is -0.497 e. The van der Waals surface area contributed by atoms with Gasteiger partial charge in [0.2, 0.25) is 5.91 Å². The summed E-state index contributed by atoms with van der Waals surface area (Å²) in [6.45, 7) is 4.12. The number of hydrogen-bond donors (Lipinski definition) is 1. The van der Waals surface area contributed by atoms with Gasteiger partial charge in [-0.05, 0) is 55.8 Å². The lowest BCUT2D eigenvalue weighted by molar-refractivity contribution is -0.140. The fourth-order valence-corrected chi connectivity index (χ4v) is 4.97. The molecule has 172 valence electrons. The molecule has 1 aromatic heterocycles. The first-order valence-electron chi connectivity index (χ1n) is 11.6. The summed E-state index contributed by atoms with van der Waals surface area (Å²) in [7, 11) is 1.63. The van der Waals surface area contributed by atoms with E-state index in [1.54, 1.807) is 12.0 Å². The summed E-state index contributed by atoms with van der Waals surface area (Å²) in [6, 6.07) is 17.6. The Kier molecular flexibility index (Phi) is 6.05. The SMILES string of the molecule is COc1ccc2[nH]c(C(=O)N3CC(=O)N(Cc4ccccc4)[C@@H](CN4CCCC4)C3)cc2c1. The molecule has 0 spiro atoms. The molecular weight excluding hydrogens is 416 g/mol.